The molecular weight excluding hydrogens is 814 g/mol. The number of hydrogen-bond donors (Lipinski definition) is 3. The number of halogens is 1. The number of urea groups is 1. The van der Waals surface area contributed by atoms with E-state index in [0.717, 1.165) is 71.8 Å². The number of likely N-dealkylation sites (N-methyl/N-ethyl adjacent to an activating group) is 1. The first-order chi connectivity index (χ1) is 29.3. The van der Waals surface area contributed by atoms with E-state index in [4.69, 9.17) is 16.6 Å². The Morgan fingerprint density at radius 2 is 1.67 bits per heavy atom. The summed E-state index contributed by atoms with van der Waals surface area (Å²) in [6.45, 7) is 8.88. The van der Waals surface area contributed by atoms with Gasteiger partial charge in [-0.25, -0.2) is 4.79 Å². The van der Waals surface area contributed by atoms with Crippen molar-refractivity contribution < 1.29 is 24.0 Å². The fraction of sp³-hybridized carbons (Fsp3) is 0.378. The second-order valence-electron chi connectivity index (χ2n) is 15.7. The van der Waals surface area contributed by atoms with Crippen molar-refractivity contribution in [3.05, 3.63) is 110 Å². The van der Waals surface area contributed by atoms with Crippen LogP contribution < -0.4 is 20.9 Å². The van der Waals surface area contributed by atoms with Gasteiger partial charge < -0.3 is 15.5 Å². The normalized spacial score (nSPS) is 18.4. The van der Waals surface area contributed by atoms with E-state index in [1.165, 1.54) is 27.0 Å². The number of benzene rings is 2. The fourth-order valence-electron chi connectivity index (χ4n) is 8.16. The third kappa shape index (κ3) is 8.80. The number of fused-ring (bicyclic) bond motifs is 4. The summed E-state index contributed by atoms with van der Waals surface area (Å²) in [4.78, 5) is 73.6. The molecule has 0 saturated carbocycles. The zero-order valence-corrected chi connectivity index (χ0v) is 36.6. The first-order valence-corrected chi connectivity index (χ1v) is 21.8. The summed E-state index contributed by atoms with van der Waals surface area (Å²) in [5.41, 5.74) is 4.38. The van der Waals surface area contributed by atoms with E-state index in [9.17, 15) is 24.0 Å². The Morgan fingerprint density at radius 3 is 2.41 bits per heavy atom. The van der Waals surface area contributed by atoms with Crippen molar-refractivity contribution in [3.63, 3.8) is 0 Å². The predicted molar refractivity (Wildman–Crippen MR) is 237 cm³/mol. The number of aryl methyl sites for hydroxylation is 2. The topological polar surface area (TPSA) is 171 Å². The number of hydrogen-bond acceptors (Lipinski definition) is 9. The second-order valence-corrected chi connectivity index (χ2v) is 17.3. The van der Waals surface area contributed by atoms with E-state index >= 15 is 0 Å². The minimum Gasteiger partial charge on any atom is -0.356 e. The second kappa shape index (κ2) is 18.4. The number of unbranched alkanes of at least 4 members (excludes halogenated alkanes) is 5. The molecule has 0 fully saturated rings. The Balaban J connectivity index is 0.843. The average Bonchev–Trinajstić information content (AvgIpc) is 3.73. The molecule has 2 aromatic heterocycles. The van der Waals surface area contributed by atoms with Crippen LogP contribution >= 0.6 is 22.9 Å². The Morgan fingerprint density at radius 1 is 0.967 bits per heavy atom. The quantitative estimate of drug-likeness (QED) is 0.0844. The maximum Gasteiger partial charge on any atom is 0.329 e. The standard InChI is InChI=1S/C45H50ClN9O5S/c1-27-28(2)61-42-38(27)39(30-17-20-32(46)21-18-30)49-34(41-52-51-29(3)55(41)42)26-37(58)48-24-11-9-7-6-8-10-23-47-35(56)22-19-31-14-12-15-33-40(31)53(5)43(59)45(33,4)54-25-13-16-36(57)50-44(54)60/h12-15,17-22,25,34H,6-11,16,23-24,26H2,1-5H3,(H,47,56)(H,48,58)(H,50,57,60)/b22-19+/t34-,45?/m0/s1. The summed E-state index contributed by atoms with van der Waals surface area (Å²) in [6, 6.07) is 11.8. The lowest BCUT2D eigenvalue weighted by Gasteiger charge is -2.33. The highest BCUT2D eigenvalue weighted by Crippen LogP contribution is 2.46. The first-order valence-electron chi connectivity index (χ1n) is 20.6. The number of para-hydroxylation sites is 1. The van der Waals surface area contributed by atoms with Crippen LogP contribution in [0.2, 0.25) is 5.02 Å². The Labute approximate surface area is 364 Å². The number of nitrogens with zero attached hydrogens (tertiary/aromatic N) is 6. The monoisotopic (exact) mass is 863 g/mol. The lowest BCUT2D eigenvalue weighted by molar-refractivity contribution is -0.126. The molecule has 0 saturated heterocycles. The van der Waals surface area contributed by atoms with Gasteiger partial charge in [-0.05, 0) is 69.9 Å². The molecule has 0 bridgehead atoms. The van der Waals surface area contributed by atoms with Crippen LogP contribution in [-0.4, -0.2) is 75.2 Å². The molecule has 318 valence electrons. The average molecular weight is 864 g/mol. The molecule has 0 aliphatic carbocycles. The molecule has 4 aromatic rings. The smallest absolute Gasteiger partial charge is 0.329 e. The van der Waals surface area contributed by atoms with Crippen LogP contribution in [0.4, 0.5) is 10.5 Å². The van der Waals surface area contributed by atoms with Crippen molar-refractivity contribution in [2.45, 2.75) is 90.6 Å². The maximum atomic E-state index is 13.6. The molecule has 14 nitrogen and oxygen atoms in total. The molecule has 3 aliphatic rings. The van der Waals surface area contributed by atoms with Crippen LogP contribution in [0.1, 0.15) is 109 Å². The molecule has 1 unspecified atom stereocenters. The van der Waals surface area contributed by atoms with E-state index in [-0.39, 0.29) is 30.6 Å². The number of carbonyl (C=O) groups is 5. The number of aliphatic imine (C=N–C) groups is 1. The SMILES string of the molecule is Cc1sc2c(c1C)C(c1ccc(Cl)cc1)=N[C@@H](CC(=O)NCCCCCCCCNC(=O)/C=C/c1cccc3c1N(C)C(=O)C3(C)N1C=CCC(=O)NC1=O)c1nnc(C)n1-2. The zero-order valence-electron chi connectivity index (χ0n) is 35.0. The zero-order chi connectivity index (χ0) is 43.4. The number of nitrogens with one attached hydrogen (secondary N) is 3. The van der Waals surface area contributed by atoms with Crippen LogP contribution in [-0.2, 0) is 24.7 Å². The molecule has 7 rings (SSSR count). The molecular formula is C45H50ClN9O5S. The molecule has 2 atom stereocenters. The van der Waals surface area contributed by atoms with Crippen LogP contribution in [0.25, 0.3) is 11.1 Å². The molecule has 0 spiro atoms. The van der Waals surface area contributed by atoms with Gasteiger partial charge >= 0.3 is 6.03 Å². The molecule has 2 aromatic carbocycles. The Hall–Kier alpha value is -5.93. The van der Waals surface area contributed by atoms with E-state index in [0.29, 0.717) is 40.8 Å². The van der Waals surface area contributed by atoms with Crippen molar-refractivity contribution in [1.82, 2.24) is 35.6 Å². The summed E-state index contributed by atoms with van der Waals surface area (Å²) in [5.74, 6) is 0.290. The third-order valence-corrected chi connectivity index (χ3v) is 13.0. The minimum atomic E-state index is -1.37. The number of imide groups is 1. The lowest BCUT2D eigenvalue weighted by atomic mass is 9.90. The van der Waals surface area contributed by atoms with Gasteiger partial charge in [0.1, 0.15) is 16.9 Å². The number of rotatable bonds is 15. The summed E-state index contributed by atoms with van der Waals surface area (Å²) in [6.07, 6.45) is 12.0. The van der Waals surface area contributed by atoms with Gasteiger partial charge in [0.15, 0.2) is 11.4 Å². The lowest BCUT2D eigenvalue weighted by Crippen LogP contribution is -2.53. The molecule has 0 radical (unpaired) electrons. The predicted octanol–water partition coefficient (Wildman–Crippen LogP) is 7.12. The molecule has 5 heterocycles. The van der Waals surface area contributed by atoms with Crippen LogP contribution in [0.15, 0.2) is 65.8 Å². The Kier molecular flexibility index (Phi) is 13.0. The summed E-state index contributed by atoms with van der Waals surface area (Å²) < 4.78 is 2.05. The van der Waals surface area contributed by atoms with Crippen molar-refractivity contribution >= 4 is 70.1 Å². The van der Waals surface area contributed by atoms with Crippen molar-refractivity contribution in [1.29, 1.82) is 0 Å². The molecule has 3 N–H and O–H groups in total. The minimum absolute atomic E-state index is 0.0330. The number of amides is 6. The van der Waals surface area contributed by atoms with Crippen molar-refractivity contribution in [2.24, 2.45) is 4.99 Å². The van der Waals surface area contributed by atoms with Gasteiger partial charge in [-0.1, -0.05) is 73.7 Å². The molecule has 61 heavy (non-hydrogen) atoms. The van der Waals surface area contributed by atoms with Crippen LogP contribution in [0, 0.1) is 20.8 Å². The van der Waals surface area contributed by atoms with Crippen molar-refractivity contribution in [3.8, 4) is 5.00 Å². The summed E-state index contributed by atoms with van der Waals surface area (Å²) in [7, 11) is 1.63. The number of anilines is 1. The third-order valence-electron chi connectivity index (χ3n) is 11.5. The molecule has 3 aliphatic heterocycles. The Bertz CT molecular complexity index is 2470. The first kappa shape index (κ1) is 43.2. The van der Waals surface area contributed by atoms with E-state index in [2.05, 4.69) is 40.0 Å². The van der Waals surface area contributed by atoms with Crippen LogP contribution in [0.5, 0.6) is 0 Å². The number of carbonyl (C=O) groups excluding carboxylic acids is 5. The van der Waals surface area contributed by atoms with Gasteiger partial charge in [-0.3, -0.25) is 39.0 Å². The number of aromatic nitrogens is 3. The van der Waals surface area contributed by atoms with E-state index in [1.54, 1.807) is 49.6 Å². The highest BCUT2D eigenvalue weighted by molar-refractivity contribution is 7.15. The van der Waals surface area contributed by atoms with E-state index < -0.39 is 23.5 Å². The van der Waals surface area contributed by atoms with Gasteiger partial charge in [0.2, 0.25) is 17.7 Å². The van der Waals surface area contributed by atoms with Gasteiger partial charge in [0.25, 0.3) is 5.91 Å². The maximum absolute atomic E-state index is 13.6. The fourth-order valence-corrected chi connectivity index (χ4v) is 9.50. The van der Waals surface area contributed by atoms with Gasteiger partial charge in [0.05, 0.1) is 17.8 Å². The summed E-state index contributed by atoms with van der Waals surface area (Å²) >= 11 is 7.91. The number of thiophene rings is 1. The van der Waals surface area contributed by atoms with Gasteiger partial charge in [-0.2, -0.15) is 0 Å². The largest absolute Gasteiger partial charge is 0.356 e. The van der Waals surface area contributed by atoms with Gasteiger partial charge in [-0.15, -0.1) is 21.5 Å². The highest BCUT2D eigenvalue weighted by atomic mass is 35.5. The van der Waals surface area contributed by atoms with E-state index in [1.807, 2.05) is 41.8 Å². The molecule has 16 heteroatoms. The van der Waals surface area contributed by atoms with Crippen molar-refractivity contribution in [2.75, 3.05) is 25.0 Å². The molecule has 6 amide bonds. The van der Waals surface area contributed by atoms with Gasteiger partial charge in [0, 0.05) is 65.4 Å². The summed E-state index contributed by atoms with van der Waals surface area (Å²) in [5, 5.41) is 18.9. The highest BCUT2D eigenvalue weighted by Gasteiger charge is 2.52. The van der Waals surface area contributed by atoms with Crippen LogP contribution in [0.3, 0.4) is 0 Å².